The second-order valence-corrected chi connectivity index (χ2v) is 11.8. The molecule has 8 heteroatoms. The number of rotatable bonds is 6. The molecule has 1 fully saturated rings. The molecular formula is C29H33N3O4S. The molecule has 0 aliphatic carbocycles. The van der Waals surface area contributed by atoms with E-state index in [4.69, 9.17) is 4.52 Å². The molecule has 0 radical (unpaired) electrons. The van der Waals surface area contributed by atoms with Gasteiger partial charge in [-0.15, -0.1) is 11.3 Å². The maximum atomic E-state index is 13.8. The topological polar surface area (TPSA) is 96.0 Å². The lowest BCUT2D eigenvalue weighted by Crippen LogP contribution is -2.44. The molecule has 1 saturated heterocycles. The first-order valence-electron chi connectivity index (χ1n) is 12.8. The Morgan fingerprint density at radius 2 is 1.95 bits per heavy atom. The van der Waals surface area contributed by atoms with Gasteiger partial charge in [-0.1, -0.05) is 43.3 Å². The van der Waals surface area contributed by atoms with Crippen molar-refractivity contribution < 1.29 is 19.2 Å². The van der Waals surface area contributed by atoms with Crippen molar-refractivity contribution in [1.82, 2.24) is 10.1 Å². The number of aliphatic imine (C=N–C) groups is 1. The molecule has 2 aromatic heterocycles. The molecule has 3 aromatic rings. The minimum atomic E-state index is -0.805. The Morgan fingerprint density at radius 1 is 1.22 bits per heavy atom. The van der Waals surface area contributed by atoms with E-state index in [2.05, 4.69) is 40.7 Å². The van der Waals surface area contributed by atoms with Crippen molar-refractivity contribution in [2.45, 2.75) is 70.9 Å². The molecule has 4 unspecified atom stereocenters. The van der Waals surface area contributed by atoms with Crippen LogP contribution < -0.4 is 0 Å². The van der Waals surface area contributed by atoms with E-state index < -0.39 is 23.5 Å². The van der Waals surface area contributed by atoms with Crippen LogP contribution in [0.5, 0.6) is 0 Å². The van der Waals surface area contributed by atoms with Gasteiger partial charge in [-0.25, -0.2) is 4.99 Å². The smallest absolute Gasteiger partial charge is 0.256 e. The van der Waals surface area contributed by atoms with Crippen molar-refractivity contribution in [2.24, 2.45) is 10.9 Å². The van der Waals surface area contributed by atoms with Gasteiger partial charge in [0.2, 0.25) is 5.91 Å². The van der Waals surface area contributed by atoms with Crippen LogP contribution in [0.15, 0.2) is 51.3 Å². The van der Waals surface area contributed by atoms with Crippen LogP contribution in [-0.2, 0) is 15.0 Å². The van der Waals surface area contributed by atoms with Crippen LogP contribution >= 0.6 is 11.3 Å². The summed E-state index contributed by atoms with van der Waals surface area (Å²) in [4.78, 5) is 34.5. The number of carbonyl (C=O) groups is 2. The zero-order valence-corrected chi connectivity index (χ0v) is 22.7. The SMILES string of the molecule is Cc1cc(C(C(=O)N2CC(O)CC2C2=NC(=O)C(C)(c3ccc(-c4sccc4C)cc3)C2)C(C)C)on1. The summed E-state index contributed by atoms with van der Waals surface area (Å²) in [5.74, 6) is -0.366. The largest absolute Gasteiger partial charge is 0.391 e. The Morgan fingerprint density at radius 3 is 2.54 bits per heavy atom. The molecule has 2 aliphatic rings. The molecular weight excluding hydrogens is 486 g/mol. The van der Waals surface area contributed by atoms with E-state index in [1.165, 1.54) is 10.4 Å². The predicted octanol–water partition coefficient (Wildman–Crippen LogP) is 5.05. The maximum Gasteiger partial charge on any atom is 0.256 e. The van der Waals surface area contributed by atoms with Crippen LogP contribution in [0.25, 0.3) is 10.4 Å². The molecule has 4 heterocycles. The van der Waals surface area contributed by atoms with Crippen LogP contribution in [0.4, 0.5) is 0 Å². The zero-order valence-electron chi connectivity index (χ0n) is 21.9. The minimum absolute atomic E-state index is 0.0267. The third kappa shape index (κ3) is 4.57. The molecule has 1 aromatic carbocycles. The van der Waals surface area contributed by atoms with Crippen molar-refractivity contribution >= 4 is 28.9 Å². The molecule has 0 spiro atoms. The summed E-state index contributed by atoms with van der Waals surface area (Å²) >= 11 is 1.70. The third-order valence-electron chi connectivity index (χ3n) is 7.73. The van der Waals surface area contributed by atoms with Gasteiger partial charge in [-0.2, -0.15) is 0 Å². The number of benzene rings is 1. The van der Waals surface area contributed by atoms with Crippen molar-refractivity contribution in [2.75, 3.05) is 6.54 Å². The number of aliphatic hydroxyl groups excluding tert-OH is 1. The summed E-state index contributed by atoms with van der Waals surface area (Å²) in [7, 11) is 0. The number of aryl methyl sites for hydroxylation is 2. The van der Waals surface area contributed by atoms with Gasteiger partial charge in [-0.05, 0) is 54.8 Å². The molecule has 0 bridgehead atoms. The van der Waals surface area contributed by atoms with Gasteiger partial charge in [0.05, 0.1) is 23.3 Å². The highest BCUT2D eigenvalue weighted by atomic mass is 32.1. The highest BCUT2D eigenvalue weighted by molar-refractivity contribution is 7.13. The van der Waals surface area contributed by atoms with E-state index in [1.54, 1.807) is 22.3 Å². The molecule has 2 aliphatic heterocycles. The van der Waals surface area contributed by atoms with E-state index in [0.29, 0.717) is 30.0 Å². The predicted molar refractivity (Wildman–Crippen MR) is 144 cm³/mol. The summed E-state index contributed by atoms with van der Waals surface area (Å²) in [6.45, 7) is 9.98. The molecule has 194 valence electrons. The van der Waals surface area contributed by atoms with Crippen molar-refractivity contribution in [1.29, 1.82) is 0 Å². The summed E-state index contributed by atoms with van der Waals surface area (Å²) < 4.78 is 5.46. The number of aromatic nitrogens is 1. The van der Waals surface area contributed by atoms with Gasteiger partial charge in [-0.3, -0.25) is 9.59 Å². The number of amides is 2. The monoisotopic (exact) mass is 519 g/mol. The van der Waals surface area contributed by atoms with Crippen molar-refractivity contribution in [3.05, 3.63) is 64.4 Å². The Bertz CT molecular complexity index is 1360. The lowest BCUT2D eigenvalue weighted by molar-refractivity contribution is -0.134. The lowest BCUT2D eigenvalue weighted by Gasteiger charge is -2.30. The molecule has 7 nitrogen and oxygen atoms in total. The van der Waals surface area contributed by atoms with Gasteiger partial charge in [0.15, 0.2) is 0 Å². The van der Waals surface area contributed by atoms with E-state index in [9.17, 15) is 14.7 Å². The Labute approximate surface area is 221 Å². The molecule has 4 atom stereocenters. The number of hydrogen-bond donors (Lipinski definition) is 1. The fraction of sp³-hybridized carbons (Fsp3) is 0.448. The summed E-state index contributed by atoms with van der Waals surface area (Å²) in [6.07, 6.45) is 0.110. The number of aliphatic hydroxyl groups is 1. The molecule has 0 saturated carbocycles. The first kappa shape index (κ1) is 25.5. The summed E-state index contributed by atoms with van der Waals surface area (Å²) in [6, 6.07) is 11.6. The number of hydrogen-bond acceptors (Lipinski definition) is 6. The van der Waals surface area contributed by atoms with Crippen molar-refractivity contribution in [3.8, 4) is 10.4 Å². The number of carbonyl (C=O) groups excluding carboxylic acids is 2. The van der Waals surface area contributed by atoms with Crippen LogP contribution in [0.2, 0.25) is 0 Å². The first-order chi connectivity index (χ1) is 17.6. The van der Waals surface area contributed by atoms with Gasteiger partial charge in [0.25, 0.3) is 5.91 Å². The Hall–Kier alpha value is -3.10. The standard InChI is InChI=1S/C29H33N3O4S/c1-16(2)25(24-12-18(4)31-36-24)27(34)32-15-21(33)13-23(32)22-14-29(5,28(35)30-22)20-8-6-19(7-9-20)26-17(3)10-11-37-26/h6-12,16,21,23,25,33H,13-15H2,1-5H3. The zero-order chi connectivity index (χ0) is 26.5. The van der Waals surface area contributed by atoms with Crippen molar-refractivity contribution in [3.63, 3.8) is 0 Å². The van der Waals surface area contributed by atoms with Gasteiger partial charge in [0, 0.05) is 36.0 Å². The van der Waals surface area contributed by atoms with E-state index in [0.717, 1.165) is 11.1 Å². The van der Waals surface area contributed by atoms with Crippen LogP contribution in [0.3, 0.4) is 0 Å². The van der Waals surface area contributed by atoms with E-state index in [-0.39, 0.29) is 24.3 Å². The quantitative estimate of drug-likeness (QED) is 0.492. The van der Waals surface area contributed by atoms with Gasteiger partial charge < -0.3 is 14.5 Å². The number of nitrogens with zero attached hydrogens (tertiary/aromatic N) is 3. The molecule has 2 amide bonds. The minimum Gasteiger partial charge on any atom is -0.391 e. The second kappa shape index (κ2) is 9.65. The number of thiophene rings is 1. The lowest BCUT2D eigenvalue weighted by atomic mass is 9.78. The van der Waals surface area contributed by atoms with Gasteiger partial charge in [0.1, 0.15) is 11.7 Å². The maximum absolute atomic E-state index is 13.8. The van der Waals surface area contributed by atoms with E-state index >= 15 is 0 Å². The Kier molecular flexibility index (Phi) is 6.66. The number of likely N-dealkylation sites (tertiary alicyclic amines) is 1. The first-order valence-corrected chi connectivity index (χ1v) is 13.6. The summed E-state index contributed by atoms with van der Waals surface area (Å²) in [5, 5.41) is 16.6. The highest BCUT2D eigenvalue weighted by Crippen LogP contribution is 2.40. The van der Waals surface area contributed by atoms with Gasteiger partial charge >= 0.3 is 0 Å². The average molecular weight is 520 g/mol. The molecule has 5 rings (SSSR count). The van der Waals surface area contributed by atoms with Crippen LogP contribution in [0.1, 0.15) is 62.1 Å². The molecule has 1 N–H and O–H groups in total. The fourth-order valence-corrected chi connectivity index (χ4v) is 6.56. The Balaban J connectivity index is 1.39. The second-order valence-electron chi connectivity index (χ2n) is 10.9. The summed E-state index contributed by atoms with van der Waals surface area (Å²) in [5.41, 5.74) is 3.84. The fourth-order valence-electron chi connectivity index (χ4n) is 5.62. The molecule has 37 heavy (non-hydrogen) atoms. The highest BCUT2D eigenvalue weighted by Gasteiger charge is 2.48. The van der Waals surface area contributed by atoms with E-state index in [1.807, 2.05) is 39.8 Å². The normalized spacial score (nSPS) is 24.7. The third-order valence-corrected chi connectivity index (χ3v) is 8.80. The van der Waals surface area contributed by atoms with Crippen LogP contribution in [-0.4, -0.2) is 51.4 Å². The van der Waals surface area contributed by atoms with Crippen LogP contribution in [0, 0.1) is 19.8 Å². The average Bonchev–Trinajstić information content (AvgIpc) is 3.62. The number of β-amino-alcohol motifs (C(OH)–C–C–N with tert-alkyl or cyclic N) is 1.